The van der Waals surface area contributed by atoms with Crippen LogP contribution in [-0.2, 0) is 19.6 Å². The Kier molecular flexibility index (Phi) is 11.2. The van der Waals surface area contributed by atoms with Crippen LogP contribution in [0.5, 0.6) is 0 Å². The summed E-state index contributed by atoms with van der Waals surface area (Å²) in [7, 11) is -1.93. The first kappa shape index (κ1) is 24.0. The first-order valence-electron chi connectivity index (χ1n) is 7.43. The fraction of sp³-hybridized carbons (Fsp3) is 0.571. The maximum Gasteiger partial charge on any atom is 0.244 e. The van der Waals surface area contributed by atoms with Crippen LogP contribution in [0.2, 0.25) is 0 Å². The molecular formula is C14H24Cl2N4O4S. The quantitative estimate of drug-likeness (QED) is 0.631. The van der Waals surface area contributed by atoms with E-state index in [9.17, 15) is 13.2 Å². The average molecular weight is 415 g/mol. The summed E-state index contributed by atoms with van der Waals surface area (Å²) >= 11 is 0. The molecule has 1 fully saturated rings. The van der Waals surface area contributed by atoms with E-state index >= 15 is 0 Å². The zero-order valence-corrected chi connectivity index (χ0v) is 16.4. The Morgan fingerprint density at radius 3 is 2.52 bits per heavy atom. The highest BCUT2D eigenvalue weighted by atomic mass is 35.5. The number of methoxy groups -OCH3 is 1. The highest BCUT2D eigenvalue weighted by Gasteiger charge is 2.29. The van der Waals surface area contributed by atoms with Crippen LogP contribution in [0.1, 0.15) is 0 Å². The van der Waals surface area contributed by atoms with E-state index in [-0.39, 0.29) is 42.2 Å². The molecular weight excluding hydrogens is 391 g/mol. The Hall–Kier alpha value is -0.970. The summed E-state index contributed by atoms with van der Waals surface area (Å²) in [5.41, 5.74) is 0. The number of sulfonamides is 1. The molecule has 1 saturated heterocycles. The summed E-state index contributed by atoms with van der Waals surface area (Å²) in [5, 5.41) is 2.99. The van der Waals surface area contributed by atoms with Gasteiger partial charge in [0.05, 0.1) is 13.2 Å². The molecule has 2 rings (SSSR count). The van der Waals surface area contributed by atoms with Gasteiger partial charge in [0.1, 0.15) is 4.90 Å². The number of piperazine rings is 1. The molecule has 0 aliphatic carbocycles. The molecule has 0 atom stereocenters. The molecule has 11 heteroatoms. The Morgan fingerprint density at radius 1 is 1.28 bits per heavy atom. The number of amides is 1. The van der Waals surface area contributed by atoms with Crippen LogP contribution in [0.25, 0.3) is 0 Å². The maximum atomic E-state index is 12.5. The number of hydrogen-bond acceptors (Lipinski definition) is 6. The SMILES string of the molecule is COCCNCC(=O)N1CCN(S(=O)(=O)c2cccnc2)CC1.Cl.Cl. The van der Waals surface area contributed by atoms with E-state index in [2.05, 4.69) is 10.3 Å². The number of nitrogens with one attached hydrogen (secondary N) is 1. The molecule has 1 amide bonds. The zero-order chi connectivity index (χ0) is 16.7. The van der Waals surface area contributed by atoms with E-state index < -0.39 is 10.0 Å². The number of nitrogens with zero attached hydrogens (tertiary/aromatic N) is 3. The normalized spacial score (nSPS) is 15.2. The predicted octanol–water partition coefficient (Wildman–Crippen LogP) is -0.00590. The summed E-state index contributed by atoms with van der Waals surface area (Å²) < 4.78 is 31.2. The van der Waals surface area contributed by atoms with E-state index in [0.717, 1.165) is 0 Å². The third kappa shape index (κ3) is 6.69. The molecule has 0 saturated carbocycles. The lowest BCUT2D eigenvalue weighted by molar-refractivity contribution is -0.131. The van der Waals surface area contributed by atoms with Gasteiger partial charge in [-0.2, -0.15) is 4.31 Å². The molecule has 0 bridgehead atoms. The standard InChI is InChI=1S/C14H22N4O4S.2ClH/c1-22-10-5-16-12-14(19)17-6-8-18(9-7-17)23(20,21)13-3-2-4-15-11-13;;/h2-4,11,16H,5-10,12H2,1H3;2*1H. The smallest absolute Gasteiger partial charge is 0.244 e. The topological polar surface area (TPSA) is 91.8 Å². The summed E-state index contributed by atoms with van der Waals surface area (Å²) in [5.74, 6) is -0.0282. The van der Waals surface area contributed by atoms with E-state index in [1.54, 1.807) is 18.1 Å². The molecule has 144 valence electrons. The van der Waals surface area contributed by atoms with Crippen molar-refractivity contribution >= 4 is 40.7 Å². The minimum Gasteiger partial charge on any atom is -0.383 e. The number of hydrogen-bond donors (Lipinski definition) is 1. The second-order valence-corrected chi connectivity index (χ2v) is 7.08. The molecule has 0 aromatic carbocycles. The molecule has 0 unspecified atom stereocenters. The van der Waals surface area contributed by atoms with Gasteiger partial charge in [0.15, 0.2) is 0 Å². The largest absolute Gasteiger partial charge is 0.383 e. The van der Waals surface area contributed by atoms with E-state index in [1.165, 1.54) is 22.8 Å². The lowest BCUT2D eigenvalue weighted by atomic mass is 10.3. The molecule has 1 aliphatic heterocycles. The number of pyridine rings is 1. The van der Waals surface area contributed by atoms with Gasteiger partial charge >= 0.3 is 0 Å². The second kappa shape index (κ2) is 11.6. The Bertz CT molecular complexity index is 611. The van der Waals surface area contributed by atoms with Crippen molar-refractivity contribution in [1.82, 2.24) is 19.5 Å². The Labute approximate surface area is 160 Å². The predicted molar refractivity (Wildman–Crippen MR) is 98.8 cm³/mol. The van der Waals surface area contributed by atoms with Crippen molar-refractivity contribution < 1.29 is 17.9 Å². The molecule has 1 aliphatic rings. The highest BCUT2D eigenvalue weighted by Crippen LogP contribution is 2.16. The van der Waals surface area contributed by atoms with Crippen LogP contribution in [0.4, 0.5) is 0 Å². The highest BCUT2D eigenvalue weighted by molar-refractivity contribution is 7.89. The number of rotatable bonds is 7. The van der Waals surface area contributed by atoms with Gasteiger partial charge in [-0.3, -0.25) is 9.78 Å². The zero-order valence-electron chi connectivity index (χ0n) is 14.0. The lowest BCUT2D eigenvalue weighted by Crippen LogP contribution is -2.52. The van der Waals surface area contributed by atoms with Gasteiger partial charge in [0.2, 0.25) is 15.9 Å². The summed E-state index contributed by atoms with van der Waals surface area (Å²) in [6.07, 6.45) is 2.87. The Morgan fingerprint density at radius 2 is 1.96 bits per heavy atom. The number of carbonyl (C=O) groups excluding carboxylic acids is 1. The van der Waals surface area contributed by atoms with E-state index in [4.69, 9.17) is 4.74 Å². The molecule has 0 spiro atoms. The van der Waals surface area contributed by atoms with Gasteiger partial charge in [-0.05, 0) is 12.1 Å². The van der Waals surface area contributed by atoms with Crippen LogP contribution in [0.3, 0.4) is 0 Å². The van der Waals surface area contributed by atoms with Gasteiger partial charge < -0.3 is 15.0 Å². The molecule has 1 N–H and O–H groups in total. The van der Waals surface area contributed by atoms with Gasteiger partial charge in [0.25, 0.3) is 0 Å². The summed E-state index contributed by atoms with van der Waals surface area (Å²) in [6.45, 7) is 2.76. The van der Waals surface area contributed by atoms with Crippen molar-refractivity contribution in [3.63, 3.8) is 0 Å². The summed E-state index contributed by atoms with van der Waals surface area (Å²) in [4.78, 5) is 17.7. The molecule has 1 aromatic rings. The van der Waals surface area contributed by atoms with Crippen LogP contribution in [0.15, 0.2) is 29.4 Å². The van der Waals surface area contributed by atoms with Crippen LogP contribution in [-0.4, -0.2) is 81.5 Å². The molecule has 25 heavy (non-hydrogen) atoms. The van der Waals surface area contributed by atoms with Gasteiger partial charge in [-0.1, -0.05) is 0 Å². The molecule has 0 radical (unpaired) electrons. The average Bonchev–Trinajstić information content (AvgIpc) is 2.59. The lowest BCUT2D eigenvalue weighted by Gasteiger charge is -2.34. The summed E-state index contributed by atoms with van der Waals surface area (Å²) in [6, 6.07) is 3.12. The van der Waals surface area contributed by atoms with Crippen molar-refractivity contribution in [2.75, 3.05) is 53.0 Å². The van der Waals surface area contributed by atoms with Crippen LogP contribution in [0, 0.1) is 0 Å². The molecule has 1 aromatic heterocycles. The number of halogens is 2. The second-order valence-electron chi connectivity index (χ2n) is 5.14. The monoisotopic (exact) mass is 414 g/mol. The molecule has 2 heterocycles. The fourth-order valence-electron chi connectivity index (χ4n) is 2.31. The van der Waals surface area contributed by atoms with Crippen LogP contribution >= 0.6 is 24.8 Å². The van der Waals surface area contributed by atoms with Crippen molar-refractivity contribution in [2.45, 2.75) is 4.90 Å². The minimum absolute atomic E-state index is 0. The van der Waals surface area contributed by atoms with Crippen molar-refractivity contribution in [2.24, 2.45) is 0 Å². The van der Waals surface area contributed by atoms with Gasteiger partial charge in [0, 0.05) is 52.2 Å². The van der Waals surface area contributed by atoms with Crippen molar-refractivity contribution in [3.8, 4) is 0 Å². The number of aromatic nitrogens is 1. The third-order valence-electron chi connectivity index (χ3n) is 3.62. The molecule has 8 nitrogen and oxygen atoms in total. The minimum atomic E-state index is -3.53. The third-order valence-corrected chi connectivity index (χ3v) is 5.50. The number of carbonyl (C=O) groups is 1. The van der Waals surface area contributed by atoms with Crippen LogP contribution < -0.4 is 5.32 Å². The fourth-order valence-corrected chi connectivity index (χ4v) is 3.69. The maximum absolute atomic E-state index is 12.5. The van der Waals surface area contributed by atoms with E-state index in [0.29, 0.717) is 39.3 Å². The Balaban J connectivity index is 0.00000288. The van der Waals surface area contributed by atoms with Gasteiger partial charge in [-0.15, -0.1) is 24.8 Å². The number of ether oxygens (including phenoxy) is 1. The first-order chi connectivity index (χ1) is 11.1. The van der Waals surface area contributed by atoms with Gasteiger partial charge in [-0.25, -0.2) is 8.42 Å². The van der Waals surface area contributed by atoms with Crippen molar-refractivity contribution in [3.05, 3.63) is 24.5 Å². The first-order valence-corrected chi connectivity index (χ1v) is 8.87. The van der Waals surface area contributed by atoms with E-state index in [1.807, 2.05) is 0 Å². The van der Waals surface area contributed by atoms with Crippen molar-refractivity contribution in [1.29, 1.82) is 0 Å².